The molecule has 1 amide bonds. The Morgan fingerprint density at radius 2 is 2.09 bits per heavy atom. The van der Waals surface area contributed by atoms with Gasteiger partial charge >= 0.3 is 0 Å². The molecule has 3 heterocycles. The van der Waals surface area contributed by atoms with Gasteiger partial charge in [0.05, 0.1) is 37.2 Å². The van der Waals surface area contributed by atoms with E-state index in [0.717, 1.165) is 54.6 Å². The van der Waals surface area contributed by atoms with E-state index in [1.165, 1.54) is 6.20 Å². The van der Waals surface area contributed by atoms with Crippen LogP contribution in [0.15, 0.2) is 24.4 Å². The van der Waals surface area contributed by atoms with E-state index in [4.69, 9.17) is 9.47 Å². The molecule has 2 aliphatic heterocycles. The largest absolute Gasteiger partial charge is 0.490 e. The van der Waals surface area contributed by atoms with E-state index < -0.39 is 0 Å². The van der Waals surface area contributed by atoms with E-state index in [9.17, 15) is 4.79 Å². The molecule has 7 heteroatoms. The lowest BCUT2D eigenvalue weighted by Crippen LogP contribution is -2.30. The van der Waals surface area contributed by atoms with Crippen LogP contribution in [0, 0.1) is 0 Å². The van der Waals surface area contributed by atoms with Crippen LogP contribution in [-0.2, 0) is 0 Å². The van der Waals surface area contributed by atoms with Crippen molar-refractivity contribution in [1.82, 2.24) is 13.6 Å². The fourth-order valence-electron chi connectivity index (χ4n) is 3.15. The minimum Gasteiger partial charge on any atom is -0.490 e. The third kappa shape index (κ3) is 2.76. The van der Waals surface area contributed by atoms with Gasteiger partial charge in [-0.2, -0.15) is 8.75 Å². The summed E-state index contributed by atoms with van der Waals surface area (Å²) < 4.78 is 19.4. The van der Waals surface area contributed by atoms with E-state index >= 15 is 0 Å². The van der Waals surface area contributed by atoms with Gasteiger partial charge in [-0.15, -0.1) is 0 Å². The standard InChI is InChI=1S/C16H17N3O3S/c20-16(12-10-17-23-18-12)19-6-1-3-13(19)11-4-5-14-15(9-11)22-8-2-7-21-14/h4-5,9-10,13H,1-3,6-8H2/t13-/m1/s1. The summed E-state index contributed by atoms with van der Waals surface area (Å²) >= 11 is 1.06. The number of carbonyl (C=O) groups is 1. The van der Waals surface area contributed by atoms with Gasteiger partial charge in [-0.1, -0.05) is 6.07 Å². The maximum Gasteiger partial charge on any atom is 0.275 e. The molecule has 1 fully saturated rings. The zero-order valence-corrected chi connectivity index (χ0v) is 13.4. The second-order valence-electron chi connectivity index (χ2n) is 5.71. The molecule has 120 valence electrons. The van der Waals surface area contributed by atoms with Crippen LogP contribution >= 0.6 is 11.7 Å². The summed E-state index contributed by atoms with van der Waals surface area (Å²) in [5.41, 5.74) is 1.51. The first kappa shape index (κ1) is 14.4. The molecule has 0 spiro atoms. The minimum absolute atomic E-state index is 0.0478. The zero-order valence-electron chi connectivity index (χ0n) is 12.6. The summed E-state index contributed by atoms with van der Waals surface area (Å²) in [6, 6.07) is 6.04. The van der Waals surface area contributed by atoms with E-state index in [2.05, 4.69) is 8.75 Å². The van der Waals surface area contributed by atoms with E-state index in [-0.39, 0.29) is 11.9 Å². The Morgan fingerprint density at radius 1 is 1.22 bits per heavy atom. The number of carbonyl (C=O) groups excluding carboxylic acids is 1. The molecule has 1 aromatic heterocycles. The molecule has 2 aromatic rings. The van der Waals surface area contributed by atoms with Gasteiger partial charge in [0.1, 0.15) is 0 Å². The summed E-state index contributed by atoms with van der Waals surface area (Å²) in [5.74, 6) is 1.51. The highest BCUT2D eigenvalue weighted by Crippen LogP contribution is 2.38. The molecule has 1 aromatic carbocycles. The van der Waals surface area contributed by atoms with Gasteiger partial charge in [0.2, 0.25) is 0 Å². The topological polar surface area (TPSA) is 64.6 Å². The summed E-state index contributed by atoms with van der Waals surface area (Å²) in [6.07, 6.45) is 4.36. The first-order valence-corrected chi connectivity index (χ1v) is 8.54. The van der Waals surface area contributed by atoms with Crippen molar-refractivity contribution in [3.05, 3.63) is 35.7 Å². The monoisotopic (exact) mass is 331 g/mol. The molecule has 1 atom stereocenters. The van der Waals surface area contributed by atoms with Gasteiger partial charge in [0, 0.05) is 13.0 Å². The molecule has 1 saturated heterocycles. The van der Waals surface area contributed by atoms with Gasteiger partial charge in [0.25, 0.3) is 5.91 Å². The van der Waals surface area contributed by atoms with Crippen molar-refractivity contribution < 1.29 is 14.3 Å². The van der Waals surface area contributed by atoms with Crippen molar-refractivity contribution in [2.45, 2.75) is 25.3 Å². The lowest BCUT2D eigenvalue weighted by molar-refractivity contribution is 0.0730. The van der Waals surface area contributed by atoms with Crippen LogP contribution < -0.4 is 9.47 Å². The van der Waals surface area contributed by atoms with Gasteiger partial charge in [-0.25, -0.2) is 0 Å². The zero-order chi connectivity index (χ0) is 15.6. The van der Waals surface area contributed by atoms with Gasteiger partial charge in [-0.05, 0) is 30.5 Å². The highest BCUT2D eigenvalue weighted by Gasteiger charge is 2.32. The molecule has 0 aliphatic carbocycles. The molecule has 0 bridgehead atoms. The number of hydrogen-bond donors (Lipinski definition) is 0. The quantitative estimate of drug-likeness (QED) is 0.846. The molecule has 4 rings (SSSR count). The van der Waals surface area contributed by atoms with Crippen LogP contribution in [0.3, 0.4) is 0 Å². The van der Waals surface area contributed by atoms with Crippen LogP contribution in [-0.4, -0.2) is 39.3 Å². The number of aromatic nitrogens is 2. The highest BCUT2D eigenvalue weighted by molar-refractivity contribution is 6.99. The van der Waals surface area contributed by atoms with Gasteiger partial charge in [0.15, 0.2) is 17.2 Å². The van der Waals surface area contributed by atoms with Crippen molar-refractivity contribution in [3.63, 3.8) is 0 Å². The Labute approximate surface area is 138 Å². The first-order valence-electron chi connectivity index (χ1n) is 7.81. The van der Waals surface area contributed by atoms with E-state index in [1.54, 1.807) is 0 Å². The van der Waals surface area contributed by atoms with Crippen molar-refractivity contribution in [2.24, 2.45) is 0 Å². The highest BCUT2D eigenvalue weighted by atomic mass is 32.1. The summed E-state index contributed by atoms with van der Waals surface area (Å²) in [6.45, 7) is 2.08. The van der Waals surface area contributed by atoms with Crippen molar-refractivity contribution >= 4 is 17.6 Å². The van der Waals surface area contributed by atoms with Crippen LogP contribution in [0.5, 0.6) is 11.5 Å². The number of rotatable bonds is 2. The molecule has 0 unspecified atom stereocenters. The van der Waals surface area contributed by atoms with E-state index in [1.807, 2.05) is 23.1 Å². The second kappa shape index (κ2) is 6.16. The summed E-state index contributed by atoms with van der Waals surface area (Å²) in [4.78, 5) is 14.5. The fourth-order valence-corrected chi connectivity index (χ4v) is 3.56. The molecule has 6 nitrogen and oxygen atoms in total. The SMILES string of the molecule is O=C(c1cnsn1)N1CCC[C@@H]1c1ccc2c(c1)OCCCO2. The van der Waals surface area contributed by atoms with Crippen molar-refractivity contribution in [2.75, 3.05) is 19.8 Å². The van der Waals surface area contributed by atoms with Gasteiger partial charge in [-0.3, -0.25) is 4.79 Å². The molecule has 23 heavy (non-hydrogen) atoms. The number of hydrogen-bond acceptors (Lipinski definition) is 6. The Bertz CT molecular complexity index is 705. The molecule has 2 aliphatic rings. The maximum absolute atomic E-state index is 12.6. The van der Waals surface area contributed by atoms with Crippen LogP contribution in [0.4, 0.5) is 0 Å². The Morgan fingerprint density at radius 3 is 2.91 bits per heavy atom. The van der Waals surface area contributed by atoms with Crippen molar-refractivity contribution in [3.8, 4) is 11.5 Å². The molecular weight excluding hydrogens is 314 g/mol. The first-order chi connectivity index (χ1) is 11.3. The maximum atomic E-state index is 12.6. The summed E-state index contributed by atoms with van der Waals surface area (Å²) in [7, 11) is 0. The third-order valence-electron chi connectivity index (χ3n) is 4.25. The fraction of sp³-hybridized carbons (Fsp3) is 0.438. The van der Waals surface area contributed by atoms with Crippen LogP contribution in [0.2, 0.25) is 0 Å². The smallest absolute Gasteiger partial charge is 0.275 e. The number of ether oxygens (including phenoxy) is 2. The number of benzene rings is 1. The number of amides is 1. The Kier molecular flexibility index (Phi) is 3.87. The normalized spacial score (nSPS) is 20.3. The number of fused-ring (bicyclic) bond motifs is 1. The summed E-state index contributed by atoms with van der Waals surface area (Å²) in [5, 5.41) is 0. The molecule has 0 radical (unpaired) electrons. The minimum atomic E-state index is -0.0478. The Hall–Kier alpha value is -2.15. The third-order valence-corrected chi connectivity index (χ3v) is 4.73. The lowest BCUT2D eigenvalue weighted by atomic mass is 10.0. The van der Waals surface area contributed by atoms with Crippen LogP contribution in [0.25, 0.3) is 0 Å². The predicted octanol–water partition coefficient (Wildman–Crippen LogP) is 2.68. The number of likely N-dealkylation sites (tertiary alicyclic amines) is 1. The lowest BCUT2D eigenvalue weighted by Gasteiger charge is -2.24. The second-order valence-corrected chi connectivity index (χ2v) is 6.26. The molecular formula is C16H17N3O3S. The van der Waals surface area contributed by atoms with E-state index in [0.29, 0.717) is 18.9 Å². The molecule has 0 saturated carbocycles. The average molecular weight is 331 g/mol. The Balaban J connectivity index is 1.61. The van der Waals surface area contributed by atoms with Gasteiger partial charge < -0.3 is 14.4 Å². The number of nitrogens with zero attached hydrogens (tertiary/aromatic N) is 3. The van der Waals surface area contributed by atoms with Crippen molar-refractivity contribution in [1.29, 1.82) is 0 Å². The molecule has 0 N–H and O–H groups in total. The van der Waals surface area contributed by atoms with Crippen LogP contribution in [0.1, 0.15) is 41.4 Å². The average Bonchev–Trinajstić information content (AvgIpc) is 3.22. The predicted molar refractivity (Wildman–Crippen MR) is 85.0 cm³/mol.